The van der Waals surface area contributed by atoms with E-state index in [0.717, 1.165) is 63.7 Å². The molecule has 5 N–H and O–H groups in total. The minimum absolute atomic E-state index is 0.0161. The number of hydrogen-bond donors (Lipinski definition) is 4. The van der Waals surface area contributed by atoms with Gasteiger partial charge in [0.2, 0.25) is 17.7 Å². The zero-order chi connectivity index (χ0) is 61.1. The molecule has 5 aromatic rings. The first-order valence-corrected chi connectivity index (χ1v) is 31.5. The normalized spacial score (nSPS) is 18.2. The molecule has 21 nitrogen and oxygen atoms in total. The van der Waals surface area contributed by atoms with E-state index in [0.29, 0.717) is 116 Å². The lowest BCUT2D eigenvalue weighted by atomic mass is 9.76. The summed E-state index contributed by atoms with van der Waals surface area (Å²) >= 11 is 7.84. The maximum atomic E-state index is 14.1. The number of piperazine rings is 1. The van der Waals surface area contributed by atoms with Crippen LogP contribution < -0.4 is 16.0 Å². The third-order valence-electron chi connectivity index (χ3n) is 16.6. The lowest BCUT2D eigenvalue weighted by molar-refractivity contribution is -0.146. The lowest BCUT2D eigenvalue weighted by Gasteiger charge is -2.39. The number of likely N-dealkylation sites (tertiary alicyclic amines) is 1. The molecule has 2 aromatic carbocycles. The number of nitrogens with zero attached hydrogens (tertiary/aromatic N) is 7. The number of benzene rings is 2. The fourth-order valence-corrected chi connectivity index (χ4v) is 12.2. The van der Waals surface area contributed by atoms with Gasteiger partial charge in [0.05, 0.1) is 118 Å². The van der Waals surface area contributed by atoms with Crippen LogP contribution in [0.1, 0.15) is 95.0 Å². The van der Waals surface area contributed by atoms with Gasteiger partial charge in [-0.3, -0.25) is 28.9 Å². The number of ether oxygens (including phenoxy) is 5. The number of nitrogens with two attached hydrogens (primary N) is 1. The molecule has 3 aliphatic rings. The molecule has 0 unspecified atom stereocenters. The summed E-state index contributed by atoms with van der Waals surface area (Å²) in [4.78, 5) is 93.1. The zero-order valence-corrected chi connectivity index (χ0v) is 51.9. The topological polar surface area (TPSA) is 257 Å². The summed E-state index contributed by atoms with van der Waals surface area (Å²) in [6.07, 6.45) is 5.60. The van der Waals surface area contributed by atoms with E-state index in [9.17, 15) is 29.1 Å². The molecule has 3 amide bonds. The van der Waals surface area contributed by atoms with Crippen molar-refractivity contribution < 1.29 is 52.8 Å². The van der Waals surface area contributed by atoms with Gasteiger partial charge in [0, 0.05) is 95.2 Å². The van der Waals surface area contributed by atoms with Crippen LogP contribution in [0.4, 0.5) is 5.82 Å². The second-order valence-electron chi connectivity index (χ2n) is 23.7. The minimum atomic E-state index is -1.03. The molecule has 0 radical (unpaired) electrons. The van der Waals surface area contributed by atoms with Crippen LogP contribution in [0.5, 0.6) is 0 Å². The number of thiazole rings is 1. The molecule has 468 valence electrons. The first kappa shape index (κ1) is 66.2. The maximum absolute atomic E-state index is 14.1. The highest BCUT2D eigenvalue weighted by Gasteiger charge is 2.44. The van der Waals surface area contributed by atoms with E-state index in [1.807, 2.05) is 98.9 Å². The number of aromatic amines is 1. The van der Waals surface area contributed by atoms with Crippen molar-refractivity contribution in [2.75, 3.05) is 123 Å². The van der Waals surface area contributed by atoms with Gasteiger partial charge in [0.25, 0.3) is 0 Å². The quantitative estimate of drug-likeness (QED) is 0.0332. The van der Waals surface area contributed by atoms with Crippen molar-refractivity contribution in [3.63, 3.8) is 0 Å². The first-order chi connectivity index (χ1) is 41.5. The standard InChI is InChI=1S/C63H87ClN10O11S/c1-44-57(86-43-69-44)47-8-5-45(6-9-47)7-14-55(77)54-40-50(76)41-74(54)60(79)52(62(2,3)4)39-49(75)17-29-81-31-33-83-35-37-85-38-36-84-34-32-82-30-18-56(78)72-27-25-71(26-28-72)22-16-53(46-10-12-48(64)13-11-46)70-61(80)63(65)19-23-73(24-20-63)59-51-15-21-66-58(51)67-42-68-59/h5-6,8-13,15,21,42-43,50,52-54,76H,7,14,16-20,22-41,65H2,1-4H3,(H,70,80)(H,66,67,68)/t50-,52-,53+,54+/m1/s1. The van der Waals surface area contributed by atoms with Crippen molar-refractivity contribution in [1.82, 2.24) is 40.0 Å². The Labute approximate surface area is 514 Å². The number of ketones is 2. The number of nitrogens with one attached hydrogen (secondary N) is 2. The number of fused-ring (bicyclic) bond motifs is 1. The Balaban J connectivity index is 0.615. The Bertz CT molecular complexity index is 2960. The monoisotopic (exact) mass is 1230 g/mol. The van der Waals surface area contributed by atoms with E-state index < -0.39 is 29.0 Å². The summed E-state index contributed by atoms with van der Waals surface area (Å²) in [7, 11) is 0. The summed E-state index contributed by atoms with van der Waals surface area (Å²) in [6, 6.07) is 16.6. The number of aryl methyl sites for hydroxylation is 2. The average Bonchev–Trinajstić information content (AvgIpc) is 4.31. The van der Waals surface area contributed by atoms with Crippen molar-refractivity contribution in [2.45, 2.75) is 109 Å². The summed E-state index contributed by atoms with van der Waals surface area (Å²) in [5.41, 5.74) is 11.9. The van der Waals surface area contributed by atoms with Gasteiger partial charge in [0.15, 0.2) is 5.78 Å². The van der Waals surface area contributed by atoms with E-state index >= 15 is 0 Å². The SMILES string of the molecule is Cc1ncsc1-c1ccc(CCC(=O)[C@@H]2C[C@@H](O)CN2C(=O)[C@@H](CC(=O)CCOCCOCCOCCOCCOCCC(=O)N2CCN(CC[C@H](NC(=O)C3(N)CCN(c4ncnc5[nH]ccc45)CC3)c3ccc(Cl)cc3)CC2)C(C)(C)C)cc1. The Morgan fingerprint density at radius 2 is 1.43 bits per heavy atom. The van der Waals surface area contributed by atoms with Crippen LogP contribution >= 0.6 is 22.9 Å². The summed E-state index contributed by atoms with van der Waals surface area (Å²) in [6.45, 7) is 15.8. The number of anilines is 1. The molecule has 3 saturated heterocycles. The van der Waals surface area contributed by atoms with Gasteiger partial charge in [-0.2, -0.15) is 0 Å². The molecule has 4 atom stereocenters. The largest absolute Gasteiger partial charge is 0.391 e. The molecule has 86 heavy (non-hydrogen) atoms. The highest BCUT2D eigenvalue weighted by molar-refractivity contribution is 7.13. The van der Waals surface area contributed by atoms with E-state index in [2.05, 4.69) is 35.1 Å². The van der Waals surface area contributed by atoms with Crippen LogP contribution in [-0.2, 0) is 54.1 Å². The first-order valence-electron chi connectivity index (χ1n) is 30.3. The highest BCUT2D eigenvalue weighted by atomic mass is 35.5. The van der Waals surface area contributed by atoms with Crippen LogP contribution in [0.3, 0.4) is 0 Å². The van der Waals surface area contributed by atoms with Gasteiger partial charge in [-0.1, -0.05) is 68.8 Å². The van der Waals surface area contributed by atoms with Gasteiger partial charge >= 0.3 is 0 Å². The minimum Gasteiger partial charge on any atom is -0.391 e. The molecule has 23 heteroatoms. The van der Waals surface area contributed by atoms with Crippen LogP contribution in [0.25, 0.3) is 21.5 Å². The molecule has 3 fully saturated rings. The summed E-state index contributed by atoms with van der Waals surface area (Å²) in [5.74, 6) is -0.419. The number of rotatable bonds is 33. The molecule has 0 spiro atoms. The number of amides is 3. The third kappa shape index (κ3) is 19.1. The van der Waals surface area contributed by atoms with Crippen LogP contribution in [0.15, 0.2) is 72.6 Å². The second kappa shape index (κ2) is 32.4. The van der Waals surface area contributed by atoms with Gasteiger partial charge in [-0.15, -0.1) is 11.3 Å². The number of carbonyl (C=O) groups is 5. The van der Waals surface area contributed by atoms with Gasteiger partial charge < -0.3 is 59.5 Å². The number of H-pyrrole nitrogens is 1. The number of halogens is 1. The van der Waals surface area contributed by atoms with Gasteiger partial charge in [-0.25, -0.2) is 15.0 Å². The molecule has 0 saturated carbocycles. The Kier molecular flexibility index (Phi) is 25.0. The molecule has 6 heterocycles. The molecular weight excluding hydrogens is 1140 g/mol. The van der Waals surface area contributed by atoms with Gasteiger partial charge in [-0.05, 0) is 72.9 Å². The molecular formula is C63H87ClN10O11S. The van der Waals surface area contributed by atoms with Crippen molar-refractivity contribution in [3.05, 3.63) is 94.5 Å². The van der Waals surface area contributed by atoms with Crippen molar-refractivity contribution in [3.8, 4) is 10.4 Å². The number of hydrogen-bond acceptors (Lipinski definition) is 18. The number of carbonyl (C=O) groups excluding carboxylic acids is 5. The highest BCUT2D eigenvalue weighted by Crippen LogP contribution is 2.35. The van der Waals surface area contributed by atoms with E-state index in [4.69, 9.17) is 41.0 Å². The zero-order valence-electron chi connectivity index (χ0n) is 50.4. The van der Waals surface area contributed by atoms with Crippen LogP contribution in [0.2, 0.25) is 5.02 Å². The number of piperidine rings is 1. The van der Waals surface area contributed by atoms with E-state index in [1.165, 1.54) is 4.90 Å². The molecule has 0 bridgehead atoms. The van der Waals surface area contributed by atoms with Gasteiger partial charge in [0.1, 0.15) is 23.6 Å². The van der Waals surface area contributed by atoms with Crippen molar-refractivity contribution in [2.24, 2.45) is 17.1 Å². The van der Waals surface area contributed by atoms with Crippen molar-refractivity contribution in [1.29, 1.82) is 0 Å². The average molecular weight is 1230 g/mol. The number of aromatic nitrogens is 4. The lowest BCUT2D eigenvalue weighted by Crippen LogP contribution is -2.60. The molecule has 8 rings (SSSR count). The fourth-order valence-electron chi connectivity index (χ4n) is 11.3. The second-order valence-corrected chi connectivity index (χ2v) is 25.0. The van der Waals surface area contributed by atoms with Crippen molar-refractivity contribution >= 4 is 69.1 Å². The van der Waals surface area contributed by atoms with E-state index in [1.54, 1.807) is 17.7 Å². The number of aliphatic hydroxyl groups excluding tert-OH is 1. The summed E-state index contributed by atoms with van der Waals surface area (Å²) < 4.78 is 28.2. The Morgan fingerprint density at radius 1 is 0.802 bits per heavy atom. The van der Waals surface area contributed by atoms with Crippen LogP contribution in [-0.4, -0.2) is 205 Å². The molecule has 3 aromatic heterocycles. The number of Topliss-reactive ketones (excluding diaryl/α,β-unsaturated/α-hetero) is 2. The van der Waals surface area contributed by atoms with Crippen LogP contribution in [0, 0.1) is 18.3 Å². The summed E-state index contributed by atoms with van der Waals surface area (Å²) in [5, 5.41) is 15.5. The van der Waals surface area contributed by atoms with E-state index in [-0.39, 0.29) is 80.6 Å². The predicted molar refractivity (Wildman–Crippen MR) is 330 cm³/mol. The number of aliphatic hydroxyl groups is 1. The Hall–Kier alpha value is -5.79. The smallest absolute Gasteiger partial charge is 0.240 e. The maximum Gasteiger partial charge on any atom is 0.240 e. The predicted octanol–water partition coefficient (Wildman–Crippen LogP) is 6.38. The molecule has 3 aliphatic heterocycles. The number of β-amino-alcohol motifs (C(OH)–C–C–N with tert-alkyl or cyclic N) is 1. The molecule has 0 aliphatic carbocycles. The third-order valence-corrected chi connectivity index (χ3v) is 17.8. The Morgan fingerprint density at radius 3 is 2.05 bits per heavy atom. The fraction of sp³-hybridized carbons (Fsp3) is 0.587.